The van der Waals surface area contributed by atoms with Crippen LogP contribution in [0.4, 0.5) is 0 Å². The van der Waals surface area contributed by atoms with E-state index in [0.29, 0.717) is 18.5 Å². The minimum absolute atomic E-state index is 0.0175. The standard InChI is InChI=1S/C11H8N4O2/c16-6-11-14-10(15-17-11)5-9-12-7-3-1-2-4-8(7)13-9/h1-4,6H,5H2,(H,12,13). The Morgan fingerprint density at radius 1 is 1.29 bits per heavy atom. The number of hydrogen-bond donors (Lipinski definition) is 1. The zero-order valence-corrected chi connectivity index (χ0v) is 8.75. The van der Waals surface area contributed by atoms with Crippen LogP contribution in [0.5, 0.6) is 0 Å². The Morgan fingerprint density at radius 2 is 2.18 bits per heavy atom. The van der Waals surface area contributed by atoms with Gasteiger partial charge in [-0.25, -0.2) is 4.98 Å². The van der Waals surface area contributed by atoms with Crippen molar-refractivity contribution in [2.75, 3.05) is 0 Å². The molecule has 84 valence electrons. The van der Waals surface area contributed by atoms with Crippen molar-refractivity contribution < 1.29 is 9.32 Å². The number of carbonyl (C=O) groups is 1. The van der Waals surface area contributed by atoms with Crippen molar-refractivity contribution in [3.63, 3.8) is 0 Å². The number of nitrogens with one attached hydrogen (secondary N) is 1. The first kappa shape index (κ1) is 9.71. The minimum atomic E-state index is -0.0175. The quantitative estimate of drug-likeness (QED) is 0.684. The van der Waals surface area contributed by atoms with Gasteiger partial charge in [-0.15, -0.1) is 0 Å². The molecule has 3 aromatic rings. The van der Waals surface area contributed by atoms with E-state index in [2.05, 4.69) is 24.6 Å². The van der Waals surface area contributed by atoms with Crippen LogP contribution in [0.1, 0.15) is 22.3 Å². The fraction of sp³-hybridized carbons (Fsp3) is 0.0909. The number of imidazole rings is 1. The maximum atomic E-state index is 10.4. The highest BCUT2D eigenvalue weighted by atomic mass is 16.5. The van der Waals surface area contributed by atoms with Crippen molar-refractivity contribution in [3.05, 3.63) is 41.8 Å². The number of rotatable bonds is 3. The SMILES string of the molecule is O=Cc1nc(Cc2nc3ccccc3[nH]2)no1. The summed E-state index contributed by atoms with van der Waals surface area (Å²) in [5.41, 5.74) is 1.85. The number of aromatic amines is 1. The van der Waals surface area contributed by atoms with E-state index in [1.54, 1.807) is 0 Å². The molecule has 3 rings (SSSR count). The van der Waals surface area contributed by atoms with E-state index in [1.807, 2.05) is 24.3 Å². The molecule has 0 amide bonds. The van der Waals surface area contributed by atoms with Gasteiger partial charge in [-0.2, -0.15) is 4.98 Å². The summed E-state index contributed by atoms with van der Waals surface area (Å²) in [4.78, 5) is 21.8. The molecule has 0 aliphatic carbocycles. The lowest BCUT2D eigenvalue weighted by Gasteiger charge is -1.87. The van der Waals surface area contributed by atoms with E-state index in [4.69, 9.17) is 0 Å². The minimum Gasteiger partial charge on any atom is -0.342 e. The van der Waals surface area contributed by atoms with E-state index < -0.39 is 0 Å². The maximum absolute atomic E-state index is 10.4. The summed E-state index contributed by atoms with van der Waals surface area (Å²) in [6, 6.07) is 7.72. The second-order valence-electron chi connectivity index (χ2n) is 3.54. The Labute approximate surface area is 95.7 Å². The van der Waals surface area contributed by atoms with Gasteiger partial charge in [-0.05, 0) is 12.1 Å². The molecule has 0 spiro atoms. The van der Waals surface area contributed by atoms with E-state index >= 15 is 0 Å². The van der Waals surface area contributed by atoms with Gasteiger partial charge in [-0.1, -0.05) is 17.3 Å². The smallest absolute Gasteiger partial charge is 0.290 e. The van der Waals surface area contributed by atoms with Crippen molar-refractivity contribution in [2.24, 2.45) is 0 Å². The summed E-state index contributed by atoms with van der Waals surface area (Å²) in [6.45, 7) is 0. The number of para-hydroxylation sites is 2. The van der Waals surface area contributed by atoms with Gasteiger partial charge in [-0.3, -0.25) is 4.79 Å². The Bertz CT molecular complexity index is 638. The van der Waals surface area contributed by atoms with E-state index in [0.717, 1.165) is 16.9 Å². The highest BCUT2D eigenvalue weighted by Gasteiger charge is 2.09. The summed E-state index contributed by atoms with van der Waals surface area (Å²) in [7, 11) is 0. The van der Waals surface area contributed by atoms with Crippen molar-refractivity contribution in [2.45, 2.75) is 6.42 Å². The van der Waals surface area contributed by atoms with Gasteiger partial charge >= 0.3 is 0 Å². The predicted molar refractivity (Wildman–Crippen MR) is 58.6 cm³/mol. The van der Waals surface area contributed by atoms with Crippen molar-refractivity contribution >= 4 is 17.3 Å². The van der Waals surface area contributed by atoms with Gasteiger partial charge in [0.05, 0.1) is 17.5 Å². The van der Waals surface area contributed by atoms with Crippen molar-refractivity contribution in [3.8, 4) is 0 Å². The van der Waals surface area contributed by atoms with Gasteiger partial charge in [0.1, 0.15) is 5.82 Å². The van der Waals surface area contributed by atoms with Gasteiger partial charge < -0.3 is 9.51 Å². The first-order valence-corrected chi connectivity index (χ1v) is 5.06. The molecule has 2 aromatic heterocycles. The number of nitrogens with zero attached hydrogens (tertiary/aromatic N) is 3. The number of aldehydes is 1. The Morgan fingerprint density at radius 3 is 2.94 bits per heavy atom. The van der Waals surface area contributed by atoms with E-state index in [-0.39, 0.29) is 5.89 Å². The molecule has 17 heavy (non-hydrogen) atoms. The van der Waals surface area contributed by atoms with Crippen molar-refractivity contribution in [1.82, 2.24) is 20.1 Å². The van der Waals surface area contributed by atoms with Crippen LogP contribution in [-0.4, -0.2) is 26.4 Å². The fourth-order valence-corrected chi connectivity index (χ4v) is 1.63. The average Bonchev–Trinajstić information content (AvgIpc) is 2.94. The Balaban J connectivity index is 1.91. The lowest BCUT2D eigenvalue weighted by Crippen LogP contribution is -1.93. The van der Waals surface area contributed by atoms with Gasteiger partial charge in [0.15, 0.2) is 5.82 Å². The molecule has 0 unspecified atom stereocenters. The number of fused-ring (bicyclic) bond motifs is 1. The zero-order valence-electron chi connectivity index (χ0n) is 8.75. The molecule has 2 heterocycles. The molecule has 0 radical (unpaired) electrons. The first-order valence-electron chi connectivity index (χ1n) is 5.06. The monoisotopic (exact) mass is 228 g/mol. The number of hydrogen-bond acceptors (Lipinski definition) is 5. The van der Waals surface area contributed by atoms with Gasteiger partial charge in [0.25, 0.3) is 5.89 Å². The summed E-state index contributed by atoms with van der Waals surface area (Å²) in [5, 5.41) is 3.68. The lowest BCUT2D eigenvalue weighted by atomic mass is 10.3. The highest BCUT2D eigenvalue weighted by molar-refractivity contribution is 5.74. The van der Waals surface area contributed by atoms with Crippen LogP contribution in [0.25, 0.3) is 11.0 Å². The Kier molecular flexibility index (Phi) is 2.18. The van der Waals surface area contributed by atoms with Crippen LogP contribution in [0, 0.1) is 0 Å². The number of carbonyl (C=O) groups excluding carboxylic acids is 1. The van der Waals surface area contributed by atoms with Crippen molar-refractivity contribution in [1.29, 1.82) is 0 Å². The average molecular weight is 228 g/mol. The molecular formula is C11H8N4O2. The number of H-pyrrole nitrogens is 1. The van der Waals surface area contributed by atoms with Crippen LogP contribution in [-0.2, 0) is 6.42 Å². The van der Waals surface area contributed by atoms with E-state index in [9.17, 15) is 4.79 Å². The Hall–Kier alpha value is -2.50. The molecule has 6 heteroatoms. The molecule has 0 fully saturated rings. The molecule has 1 N–H and O–H groups in total. The molecule has 6 nitrogen and oxygen atoms in total. The largest absolute Gasteiger partial charge is 0.342 e. The van der Waals surface area contributed by atoms with Crippen LogP contribution in [0.15, 0.2) is 28.8 Å². The fourth-order valence-electron chi connectivity index (χ4n) is 1.63. The molecule has 0 aliphatic rings. The van der Waals surface area contributed by atoms with Crippen LogP contribution < -0.4 is 0 Å². The topological polar surface area (TPSA) is 84.7 Å². The second-order valence-corrected chi connectivity index (χ2v) is 3.54. The van der Waals surface area contributed by atoms with Crippen LogP contribution >= 0.6 is 0 Å². The normalized spacial score (nSPS) is 10.8. The molecule has 0 saturated carbocycles. The van der Waals surface area contributed by atoms with Crippen LogP contribution in [0.3, 0.4) is 0 Å². The third kappa shape index (κ3) is 1.80. The van der Waals surface area contributed by atoms with Crippen LogP contribution in [0.2, 0.25) is 0 Å². The summed E-state index contributed by atoms with van der Waals surface area (Å²) in [5.74, 6) is 1.16. The summed E-state index contributed by atoms with van der Waals surface area (Å²) < 4.78 is 4.69. The molecule has 0 bridgehead atoms. The zero-order chi connectivity index (χ0) is 11.7. The molecule has 0 atom stereocenters. The second kappa shape index (κ2) is 3.82. The third-order valence-electron chi connectivity index (χ3n) is 2.35. The van der Waals surface area contributed by atoms with E-state index in [1.165, 1.54) is 0 Å². The third-order valence-corrected chi connectivity index (χ3v) is 2.35. The number of aromatic nitrogens is 4. The highest BCUT2D eigenvalue weighted by Crippen LogP contribution is 2.12. The summed E-state index contributed by atoms with van der Waals surface area (Å²) >= 11 is 0. The maximum Gasteiger partial charge on any atom is 0.290 e. The lowest BCUT2D eigenvalue weighted by molar-refractivity contribution is 0.108. The first-order chi connectivity index (χ1) is 8.35. The number of benzene rings is 1. The van der Waals surface area contributed by atoms with Gasteiger partial charge in [0, 0.05) is 0 Å². The molecule has 0 aliphatic heterocycles. The predicted octanol–water partition coefficient (Wildman–Crippen LogP) is 1.35. The van der Waals surface area contributed by atoms with Gasteiger partial charge in [0.2, 0.25) is 6.29 Å². The summed E-state index contributed by atoms with van der Waals surface area (Å²) in [6.07, 6.45) is 0.932. The molecule has 0 saturated heterocycles. The molecule has 1 aromatic carbocycles. The molecular weight excluding hydrogens is 220 g/mol.